The minimum absolute atomic E-state index is 0.0594. The Labute approximate surface area is 93.8 Å². The first-order valence-corrected chi connectivity index (χ1v) is 5.15. The second-order valence-corrected chi connectivity index (χ2v) is 4.12. The summed E-state index contributed by atoms with van der Waals surface area (Å²) in [4.78, 5) is 13.3. The van der Waals surface area contributed by atoms with Gasteiger partial charge in [-0.3, -0.25) is 4.79 Å². The Kier molecular flexibility index (Phi) is 2.66. The van der Waals surface area contributed by atoms with Crippen molar-refractivity contribution in [2.45, 2.75) is 11.8 Å². The fourth-order valence-corrected chi connectivity index (χ4v) is 1.95. The molecule has 1 aliphatic rings. The number of terminal acetylenes is 1. The first-order valence-electron chi connectivity index (χ1n) is 4.72. The van der Waals surface area contributed by atoms with E-state index in [9.17, 15) is 4.79 Å². The molecular weight excluding hydrogens is 210 g/mol. The summed E-state index contributed by atoms with van der Waals surface area (Å²) in [6.45, 7) is 0.564. The summed E-state index contributed by atoms with van der Waals surface area (Å²) < 4.78 is 0. The van der Waals surface area contributed by atoms with E-state index in [0.29, 0.717) is 13.0 Å². The Balaban J connectivity index is 2.30. The van der Waals surface area contributed by atoms with Crippen molar-refractivity contribution in [1.82, 2.24) is 0 Å². The fourth-order valence-electron chi connectivity index (χ4n) is 1.68. The molecule has 2 rings (SSSR count). The maximum absolute atomic E-state index is 11.6. The van der Waals surface area contributed by atoms with Crippen LogP contribution in [0.4, 0.5) is 5.69 Å². The van der Waals surface area contributed by atoms with Gasteiger partial charge in [0.2, 0.25) is 5.91 Å². The number of halogens is 1. The SMILES string of the molecule is C#Cc1cccc(N2CC(Cl)CC2=O)c1. The predicted octanol–water partition coefficient (Wildman–Crippen LogP) is 2.01. The minimum atomic E-state index is -0.0907. The van der Waals surface area contributed by atoms with E-state index in [0.717, 1.165) is 11.3 Å². The number of alkyl halides is 1. The number of hydrogen-bond acceptors (Lipinski definition) is 1. The monoisotopic (exact) mass is 219 g/mol. The topological polar surface area (TPSA) is 20.3 Å². The van der Waals surface area contributed by atoms with Crippen molar-refractivity contribution in [1.29, 1.82) is 0 Å². The molecule has 1 aromatic rings. The van der Waals surface area contributed by atoms with E-state index in [2.05, 4.69) is 5.92 Å². The zero-order valence-corrected chi connectivity index (χ0v) is 8.87. The standard InChI is InChI=1S/C12H10ClNO/c1-2-9-4-3-5-11(6-9)14-8-10(13)7-12(14)15/h1,3-6,10H,7-8H2. The summed E-state index contributed by atoms with van der Waals surface area (Å²) >= 11 is 5.92. The number of carbonyl (C=O) groups excluding carboxylic acids is 1. The lowest BCUT2D eigenvalue weighted by Crippen LogP contribution is -2.24. The molecule has 1 atom stereocenters. The van der Waals surface area contributed by atoms with Gasteiger partial charge in [0, 0.05) is 24.2 Å². The molecule has 3 heteroatoms. The molecule has 1 unspecified atom stereocenters. The Morgan fingerprint density at radius 2 is 2.33 bits per heavy atom. The summed E-state index contributed by atoms with van der Waals surface area (Å²) in [5.74, 6) is 2.61. The number of rotatable bonds is 1. The normalized spacial score (nSPS) is 20.4. The van der Waals surface area contributed by atoms with E-state index < -0.39 is 0 Å². The zero-order chi connectivity index (χ0) is 10.8. The summed E-state index contributed by atoms with van der Waals surface area (Å²) in [7, 11) is 0. The first-order chi connectivity index (χ1) is 7.20. The fraction of sp³-hybridized carbons (Fsp3) is 0.250. The molecule has 1 fully saturated rings. The number of anilines is 1. The number of hydrogen-bond donors (Lipinski definition) is 0. The third-order valence-corrected chi connectivity index (χ3v) is 2.69. The van der Waals surface area contributed by atoms with Gasteiger partial charge in [0.05, 0.1) is 5.38 Å². The second kappa shape index (κ2) is 3.96. The molecule has 2 nitrogen and oxygen atoms in total. The van der Waals surface area contributed by atoms with Crippen molar-refractivity contribution in [3.8, 4) is 12.3 Å². The molecule has 0 bridgehead atoms. The third-order valence-electron chi connectivity index (χ3n) is 2.40. The summed E-state index contributed by atoms with van der Waals surface area (Å²) in [6, 6.07) is 7.38. The quantitative estimate of drug-likeness (QED) is 0.523. The molecular formula is C12H10ClNO. The minimum Gasteiger partial charge on any atom is -0.311 e. The number of carbonyl (C=O) groups is 1. The van der Waals surface area contributed by atoms with Gasteiger partial charge in [-0.15, -0.1) is 18.0 Å². The highest BCUT2D eigenvalue weighted by Gasteiger charge is 2.28. The van der Waals surface area contributed by atoms with Crippen LogP contribution in [0.25, 0.3) is 0 Å². The molecule has 0 N–H and O–H groups in total. The molecule has 0 aromatic heterocycles. The van der Waals surface area contributed by atoms with Gasteiger partial charge >= 0.3 is 0 Å². The van der Waals surface area contributed by atoms with Crippen LogP contribution in [0.15, 0.2) is 24.3 Å². The highest BCUT2D eigenvalue weighted by atomic mass is 35.5. The van der Waals surface area contributed by atoms with Gasteiger partial charge in [0.1, 0.15) is 0 Å². The lowest BCUT2D eigenvalue weighted by molar-refractivity contribution is -0.117. The lowest BCUT2D eigenvalue weighted by Gasteiger charge is -2.15. The molecule has 1 amide bonds. The van der Waals surface area contributed by atoms with Crippen LogP contribution in [0.5, 0.6) is 0 Å². The van der Waals surface area contributed by atoms with Gasteiger partial charge < -0.3 is 4.90 Å². The maximum Gasteiger partial charge on any atom is 0.228 e. The molecule has 0 radical (unpaired) electrons. The number of nitrogens with zero attached hydrogens (tertiary/aromatic N) is 1. The summed E-state index contributed by atoms with van der Waals surface area (Å²) in [5.41, 5.74) is 1.61. The van der Waals surface area contributed by atoms with Crippen molar-refractivity contribution in [3.05, 3.63) is 29.8 Å². The van der Waals surface area contributed by atoms with E-state index >= 15 is 0 Å². The third kappa shape index (κ3) is 1.98. The van der Waals surface area contributed by atoms with Gasteiger partial charge in [0.15, 0.2) is 0 Å². The smallest absolute Gasteiger partial charge is 0.228 e. The summed E-state index contributed by atoms with van der Waals surface area (Å²) in [6.07, 6.45) is 5.70. The van der Waals surface area contributed by atoms with Crippen LogP contribution in [-0.2, 0) is 4.79 Å². The van der Waals surface area contributed by atoms with Crippen molar-refractivity contribution in [3.63, 3.8) is 0 Å². The predicted molar refractivity (Wildman–Crippen MR) is 61.0 cm³/mol. The van der Waals surface area contributed by atoms with Crippen LogP contribution >= 0.6 is 11.6 Å². The van der Waals surface area contributed by atoms with Crippen molar-refractivity contribution >= 4 is 23.2 Å². The van der Waals surface area contributed by atoms with Gasteiger partial charge in [-0.05, 0) is 18.2 Å². The maximum atomic E-state index is 11.6. The highest BCUT2D eigenvalue weighted by molar-refractivity contribution is 6.24. The zero-order valence-electron chi connectivity index (χ0n) is 8.11. The lowest BCUT2D eigenvalue weighted by atomic mass is 10.2. The van der Waals surface area contributed by atoms with Crippen molar-refractivity contribution < 1.29 is 4.79 Å². The highest BCUT2D eigenvalue weighted by Crippen LogP contribution is 2.24. The number of amides is 1. The molecule has 1 aliphatic heterocycles. The Morgan fingerprint density at radius 3 is 2.93 bits per heavy atom. The van der Waals surface area contributed by atoms with E-state index in [4.69, 9.17) is 18.0 Å². The molecule has 1 heterocycles. The van der Waals surface area contributed by atoms with E-state index in [1.54, 1.807) is 4.90 Å². The average Bonchev–Trinajstić information content (AvgIpc) is 2.58. The second-order valence-electron chi connectivity index (χ2n) is 3.50. The van der Waals surface area contributed by atoms with Crippen LogP contribution < -0.4 is 4.90 Å². The molecule has 15 heavy (non-hydrogen) atoms. The molecule has 0 aliphatic carbocycles. The van der Waals surface area contributed by atoms with E-state index in [-0.39, 0.29) is 11.3 Å². The van der Waals surface area contributed by atoms with Crippen molar-refractivity contribution in [2.24, 2.45) is 0 Å². The van der Waals surface area contributed by atoms with Crippen LogP contribution in [0.3, 0.4) is 0 Å². The van der Waals surface area contributed by atoms with Gasteiger partial charge in [-0.2, -0.15) is 0 Å². The Bertz CT molecular complexity index is 435. The first kappa shape index (κ1) is 10.1. The Morgan fingerprint density at radius 1 is 1.53 bits per heavy atom. The van der Waals surface area contributed by atoms with E-state index in [1.165, 1.54) is 0 Å². The van der Waals surface area contributed by atoms with Gasteiger partial charge in [-0.1, -0.05) is 12.0 Å². The molecule has 0 spiro atoms. The van der Waals surface area contributed by atoms with E-state index in [1.807, 2.05) is 24.3 Å². The number of benzene rings is 1. The molecule has 0 saturated carbocycles. The molecule has 1 saturated heterocycles. The van der Waals surface area contributed by atoms with Gasteiger partial charge in [-0.25, -0.2) is 0 Å². The van der Waals surface area contributed by atoms with Crippen LogP contribution in [0.1, 0.15) is 12.0 Å². The van der Waals surface area contributed by atoms with Crippen LogP contribution in [-0.4, -0.2) is 17.8 Å². The van der Waals surface area contributed by atoms with Crippen molar-refractivity contribution in [2.75, 3.05) is 11.4 Å². The largest absolute Gasteiger partial charge is 0.311 e. The van der Waals surface area contributed by atoms with Crippen LogP contribution in [0.2, 0.25) is 0 Å². The Hall–Kier alpha value is -1.46. The average molecular weight is 220 g/mol. The van der Waals surface area contributed by atoms with Gasteiger partial charge in [0.25, 0.3) is 0 Å². The van der Waals surface area contributed by atoms with Crippen LogP contribution in [0, 0.1) is 12.3 Å². The summed E-state index contributed by atoms with van der Waals surface area (Å²) in [5, 5.41) is -0.0907. The molecule has 1 aromatic carbocycles. The molecule has 76 valence electrons.